The highest BCUT2D eigenvalue weighted by Crippen LogP contribution is 2.34. The van der Waals surface area contributed by atoms with Crippen LogP contribution in [0.1, 0.15) is 16.7 Å². The third kappa shape index (κ3) is 3.55. The Morgan fingerprint density at radius 3 is 2.14 bits per heavy atom. The summed E-state index contributed by atoms with van der Waals surface area (Å²) in [6, 6.07) is 20.3. The molecule has 0 radical (unpaired) electrons. The minimum atomic E-state index is -0.473. The number of halogens is 1. The highest BCUT2D eigenvalue weighted by molar-refractivity contribution is 6.46. The van der Waals surface area contributed by atoms with Crippen molar-refractivity contribution in [2.45, 2.75) is 13.8 Å². The minimum Gasteiger partial charge on any atom is -0.350 e. The molecule has 3 aromatic rings. The van der Waals surface area contributed by atoms with Gasteiger partial charge in [0, 0.05) is 5.69 Å². The van der Waals surface area contributed by atoms with Crippen molar-refractivity contribution < 1.29 is 14.0 Å². The third-order valence-corrected chi connectivity index (χ3v) is 4.80. The SMILES string of the molecule is Cc1ccc(C2=C(Nc3cccc(C)c3)C(=O)N(c3ccc(F)cc3)C2=O)cc1. The Kier molecular flexibility index (Phi) is 4.72. The van der Waals surface area contributed by atoms with Gasteiger partial charge in [0.1, 0.15) is 11.5 Å². The lowest BCUT2D eigenvalue weighted by molar-refractivity contribution is -0.120. The Morgan fingerprint density at radius 2 is 1.48 bits per heavy atom. The Balaban J connectivity index is 1.82. The first-order valence-corrected chi connectivity index (χ1v) is 9.23. The monoisotopic (exact) mass is 386 g/mol. The highest BCUT2D eigenvalue weighted by Gasteiger charge is 2.40. The predicted octanol–water partition coefficient (Wildman–Crippen LogP) is 4.84. The first kappa shape index (κ1) is 18.6. The maximum absolute atomic E-state index is 13.3. The van der Waals surface area contributed by atoms with E-state index in [0.29, 0.717) is 22.5 Å². The molecule has 4 rings (SSSR count). The molecule has 0 aliphatic carbocycles. The second-order valence-corrected chi connectivity index (χ2v) is 7.03. The fraction of sp³-hybridized carbons (Fsp3) is 0.0833. The van der Waals surface area contributed by atoms with Crippen molar-refractivity contribution in [1.82, 2.24) is 0 Å². The molecule has 0 saturated heterocycles. The molecule has 0 fully saturated rings. The van der Waals surface area contributed by atoms with Crippen molar-refractivity contribution in [1.29, 1.82) is 0 Å². The van der Waals surface area contributed by atoms with Gasteiger partial charge in [-0.2, -0.15) is 0 Å². The number of carbonyl (C=O) groups excluding carboxylic acids is 2. The van der Waals surface area contributed by atoms with Gasteiger partial charge in [0.25, 0.3) is 11.8 Å². The molecule has 0 unspecified atom stereocenters. The Morgan fingerprint density at radius 1 is 0.793 bits per heavy atom. The molecule has 5 heteroatoms. The minimum absolute atomic E-state index is 0.203. The molecule has 0 aromatic heterocycles. The van der Waals surface area contributed by atoms with Gasteiger partial charge in [0.2, 0.25) is 0 Å². The zero-order chi connectivity index (χ0) is 20.5. The molecule has 4 nitrogen and oxygen atoms in total. The van der Waals surface area contributed by atoms with E-state index in [1.807, 2.05) is 62.4 Å². The van der Waals surface area contributed by atoms with E-state index >= 15 is 0 Å². The van der Waals surface area contributed by atoms with Gasteiger partial charge in [0.05, 0.1) is 11.3 Å². The van der Waals surface area contributed by atoms with Gasteiger partial charge >= 0.3 is 0 Å². The van der Waals surface area contributed by atoms with Crippen LogP contribution in [-0.4, -0.2) is 11.8 Å². The molecule has 1 N–H and O–H groups in total. The van der Waals surface area contributed by atoms with Crippen LogP contribution in [0.25, 0.3) is 5.57 Å². The molecular formula is C24H19FN2O2. The van der Waals surface area contributed by atoms with Crippen LogP contribution in [0.2, 0.25) is 0 Å². The summed E-state index contributed by atoms with van der Waals surface area (Å²) in [5, 5.41) is 3.13. The molecule has 144 valence electrons. The summed E-state index contributed by atoms with van der Waals surface area (Å²) in [6.07, 6.45) is 0. The van der Waals surface area contributed by atoms with Crippen LogP contribution >= 0.6 is 0 Å². The van der Waals surface area contributed by atoms with Crippen LogP contribution < -0.4 is 10.2 Å². The van der Waals surface area contributed by atoms with Crippen LogP contribution in [0.3, 0.4) is 0 Å². The molecule has 1 aliphatic heterocycles. The number of imide groups is 1. The number of benzene rings is 3. The molecule has 0 atom stereocenters. The normalized spacial score (nSPS) is 14.0. The molecule has 0 spiro atoms. The molecule has 3 aromatic carbocycles. The van der Waals surface area contributed by atoms with Gasteiger partial charge in [-0.1, -0.05) is 42.0 Å². The number of anilines is 2. The largest absolute Gasteiger partial charge is 0.350 e. The molecule has 1 aliphatic rings. The second kappa shape index (κ2) is 7.36. The van der Waals surface area contributed by atoms with Crippen molar-refractivity contribution >= 4 is 28.8 Å². The fourth-order valence-corrected chi connectivity index (χ4v) is 3.33. The lowest BCUT2D eigenvalue weighted by Gasteiger charge is -2.15. The summed E-state index contributed by atoms with van der Waals surface area (Å²) in [5.74, 6) is -1.35. The van der Waals surface area contributed by atoms with E-state index in [4.69, 9.17) is 0 Å². The lowest BCUT2D eigenvalue weighted by atomic mass is 10.0. The average molecular weight is 386 g/mol. The van der Waals surface area contributed by atoms with Crippen LogP contribution in [0.15, 0.2) is 78.5 Å². The fourth-order valence-electron chi connectivity index (χ4n) is 3.33. The van der Waals surface area contributed by atoms with E-state index in [0.717, 1.165) is 16.0 Å². The Hall–Kier alpha value is -3.73. The van der Waals surface area contributed by atoms with Crippen molar-refractivity contribution in [3.05, 3.63) is 101 Å². The maximum atomic E-state index is 13.3. The number of nitrogens with zero attached hydrogens (tertiary/aromatic N) is 1. The highest BCUT2D eigenvalue weighted by atomic mass is 19.1. The van der Waals surface area contributed by atoms with Crippen LogP contribution in [0.4, 0.5) is 15.8 Å². The Bertz CT molecular complexity index is 1130. The van der Waals surface area contributed by atoms with Crippen LogP contribution in [0.5, 0.6) is 0 Å². The summed E-state index contributed by atoms with van der Waals surface area (Å²) >= 11 is 0. The average Bonchev–Trinajstić information content (AvgIpc) is 2.93. The van der Waals surface area contributed by atoms with Gasteiger partial charge in [-0.25, -0.2) is 9.29 Å². The quantitative estimate of drug-likeness (QED) is 0.653. The van der Waals surface area contributed by atoms with Gasteiger partial charge in [-0.3, -0.25) is 9.59 Å². The second-order valence-electron chi connectivity index (χ2n) is 7.03. The van der Waals surface area contributed by atoms with E-state index in [-0.39, 0.29) is 5.70 Å². The number of hydrogen-bond donors (Lipinski definition) is 1. The number of nitrogens with one attached hydrogen (secondary N) is 1. The first-order chi connectivity index (χ1) is 13.9. The number of carbonyl (C=O) groups is 2. The maximum Gasteiger partial charge on any atom is 0.282 e. The third-order valence-electron chi connectivity index (χ3n) is 4.80. The zero-order valence-corrected chi connectivity index (χ0v) is 16.1. The summed E-state index contributed by atoms with van der Waals surface area (Å²) < 4.78 is 13.3. The van der Waals surface area contributed by atoms with Crippen LogP contribution in [-0.2, 0) is 9.59 Å². The summed E-state index contributed by atoms with van der Waals surface area (Å²) in [6.45, 7) is 3.91. The molecule has 1 heterocycles. The molecule has 0 bridgehead atoms. The lowest BCUT2D eigenvalue weighted by Crippen LogP contribution is -2.32. The van der Waals surface area contributed by atoms with Gasteiger partial charge < -0.3 is 5.32 Å². The standard InChI is InChI=1S/C24H19FN2O2/c1-15-6-8-17(9-7-15)21-22(26-19-5-3-4-16(2)14-19)24(29)27(23(21)28)20-12-10-18(25)11-13-20/h3-14,26H,1-2H3. The van der Waals surface area contributed by atoms with Crippen molar-refractivity contribution in [2.24, 2.45) is 0 Å². The van der Waals surface area contributed by atoms with E-state index in [9.17, 15) is 14.0 Å². The number of amides is 2. The molecule has 2 amide bonds. The topological polar surface area (TPSA) is 49.4 Å². The van der Waals surface area contributed by atoms with Crippen molar-refractivity contribution in [3.8, 4) is 0 Å². The molecular weight excluding hydrogens is 367 g/mol. The van der Waals surface area contributed by atoms with E-state index in [1.54, 1.807) is 0 Å². The van der Waals surface area contributed by atoms with Gasteiger partial charge in [-0.15, -0.1) is 0 Å². The summed E-state index contributed by atoms with van der Waals surface area (Å²) in [5.41, 5.74) is 4.26. The summed E-state index contributed by atoms with van der Waals surface area (Å²) in [4.78, 5) is 27.6. The predicted molar refractivity (Wildman–Crippen MR) is 112 cm³/mol. The van der Waals surface area contributed by atoms with E-state index in [1.165, 1.54) is 24.3 Å². The smallest absolute Gasteiger partial charge is 0.282 e. The van der Waals surface area contributed by atoms with E-state index < -0.39 is 17.6 Å². The van der Waals surface area contributed by atoms with Gasteiger partial charge in [0.15, 0.2) is 0 Å². The van der Waals surface area contributed by atoms with Crippen LogP contribution in [0, 0.1) is 19.7 Å². The Labute approximate surface area is 168 Å². The number of aryl methyl sites for hydroxylation is 2. The first-order valence-electron chi connectivity index (χ1n) is 9.23. The number of hydrogen-bond acceptors (Lipinski definition) is 3. The molecule has 0 saturated carbocycles. The van der Waals surface area contributed by atoms with Crippen molar-refractivity contribution in [3.63, 3.8) is 0 Å². The summed E-state index contributed by atoms with van der Waals surface area (Å²) in [7, 11) is 0. The zero-order valence-electron chi connectivity index (χ0n) is 16.1. The van der Waals surface area contributed by atoms with Gasteiger partial charge in [-0.05, 0) is 61.4 Å². The van der Waals surface area contributed by atoms with Crippen molar-refractivity contribution in [2.75, 3.05) is 10.2 Å². The number of rotatable bonds is 4. The van der Waals surface area contributed by atoms with E-state index in [2.05, 4.69) is 5.32 Å². The molecule has 29 heavy (non-hydrogen) atoms.